The van der Waals surface area contributed by atoms with Gasteiger partial charge in [-0.1, -0.05) is 0 Å². The van der Waals surface area contributed by atoms with Crippen molar-refractivity contribution in [3.8, 4) is 0 Å². The maximum Gasteiger partial charge on any atom is 0.252 e. The van der Waals surface area contributed by atoms with E-state index < -0.39 is 10.0 Å². The van der Waals surface area contributed by atoms with Crippen LogP contribution in [0.4, 0.5) is 0 Å². The molecule has 0 unspecified atom stereocenters. The lowest BCUT2D eigenvalue weighted by molar-refractivity contribution is 0.164. The lowest BCUT2D eigenvalue weighted by atomic mass is 10.4. The first-order valence-corrected chi connectivity index (χ1v) is 8.99. The zero-order valence-electron chi connectivity index (χ0n) is 12.4. The summed E-state index contributed by atoms with van der Waals surface area (Å²) >= 11 is 1.20. The number of ether oxygens (including phenoxy) is 2. The van der Waals surface area contributed by atoms with Gasteiger partial charge in [-0.25, -0.2) is 8.42 Å². The monoisotopic (exact) mass is 337 g/mol. The van der Waals surface area contributed by atoms with Gasteiger partial charge in [0.25, 0.3) is 10.0 Å². The largest absolute Gasteiger partial charge is 0.396 e. The molecule has 0 saturated heterocycles. The van der Waals surface area contributed by atoms with Crippen LogP contribution in [-0.2, 0) is 25.9 Å². The Morgan fingerprint density at radius 3 is 2.52 bits per heavy atom. The molecule has 0 atom stereocenters. The van der Waals surface area contributed by atoms with Gasteiger partial charge in [0.15, 0.2) is 0 Å². The molecule has 1 aromatic heterocycles. The summed E-state index contributed by atoms with van der Waals surface area (Å²) in [5.41, 5.74) is 0. The molecule has 0 aliphatic heterocycles. The predicted octanol–water partition coefficient (Wildman–Crippen LogP) is 0.956. The molecule has 1 N–H and O–H groups in total. The molecule has 8 heteroatoms. The molecule has 0 fully saturated rings. The van der Waals surface area contributed by atoms with Crippen LogP contribution in [0, 0.1) is 0 Å². The van der Waals surface area contributed by atoms with E-state index in [1.807, 2.05) is 0 Å². The third-order valence-corrected chi connectivity index (χ3v) is 6.40. The van der Waals surface area contributed by atoms with Crippen LogP contribution in [0.5, 0.6) is 0 Å². The zero-order chi connectivity index (χ0) is 15.7. The van der Waals surface area contributed by atoms with Crippen molar-refractivity contribution >= 4 is 21.4 Å². The summed E-state index contributed by atoms with van der Waals surface area (Å²) < 4.78 is 36.9. The summed E-state index contributed by atoms with van der Waals surface area (Å²) in [6.45, 7) is 1.59. The number of hydrogen-bond donors (Lipinski definition) is 1. The predicted molar refractivity (Wildman–Crippen MR) is 82.2 cm³/mol. The van der Waals surface area contributed by atoms with Crippen LogP contribution < -0.4 is 0 Å². The lowest BCUT2D eigenvalue weighted by Crippen LogP contribution is -2.34. The van der Waals surface area contributed by atoms with E-state index >= 15 is 0 Å². The van der Waals surface area contributed by atoms with E-state index in [1.165, 1.54) is 15.6 Å². The van der Waals surface area contributed by atoms with Crippen molar-refractivity contribution in [2.24, 2.45) is 0 Å². The number of aliphatic hydroxyl groups is 1. The molecule has 1 rings (SSSR count). The fraction of sp³-hybridized carbons (Fsp3) is 0.692. The van der Waals surface area contributed by atoms with Gasteiger partial charge in [-0.3, -0.25) is 0 Å². The van der Waals surface area contributed by atoms with E-state index in [-0.39, 0.29) is 6.61 Å². The van der Waals surface area contributed by atoms with Gasteiger partial charge >= 0.3 is 0 Å². The van der Waals surface area contributed by atoms with Crippen molar-refractivity contribution in [2.45, 2.75) is 17.1 Å². The molecule has 0 aliphatic carbocycles. The SMILES string of the molecule is COCCCN(CCOC)S(=O)(=O)c1ccc(CCO)s1. The highest BCUT2D eigenvalue weighted by Crippen LogP contribution is 2.25. The summed E-state index contributed by atoms with van der Waals surface area (Å²) in [4.78, 5) is 0.861. The van der Waals surface area contributed by atoms with Gasteiger partial charge in [-0.2, -0.15) is 4.31 Å². The Bertz CT molecular complexity index is 500. The number of thiophene rings is 1. The summed E-state index contributed by atoms with van der Waals surface area (Å²) in [6, 6.07) is 3.35. The summed E-state index contributed by atoms with van der Waals surface area (Å²) in [5, 5.41) is 8.92. The number of methoxy groups -OCH3 is 2. The highest BCUT2D eigenvalue weighted by molar-refractivity contribution is 7.91. The summed E-state index contributed by atoms with van der Waals surface area (Å²) in [6.07, 6.45) is 1.11. The number of aliphatic hydroxyl groups excluding tert-OH is 1. The Morgan fingerprint density at radius 2 is 1.90 bits per heavy atom. The minimum Gasteiger partial charge on any atom is -0.396 e. The Hall–Kier alpha value is -0.510. The van der Waals surface area contributed by atoms with E-state index in [9.17, 15) is 8.42 Å². The van der Waals surface area contributed by atoms with Crippen molar-refractivity contribution in [3.05, 3.63) is 17.0 Å². The molecule has 0 saturated carbocycles. The number of rotatable bonds is 11. The maximum absolute atomic E-state index is 12.6. The minimum absolute atomic E-state index is 0.0151. The van der Waals surface area contributed by atoms with Crippen LogP contribution in [0.1, 0.15) is 11.3 Å². The molecular weight excluding hydrogens is 314 g/mol. The van der Waals surface area contributed by atoms with Gasteiger partial charge in [-0.05, 0) is 18.6 Å². The molecule has 6 nitrogen and oxygen atoms in total. The Kier molecular flexibility index (Phi) is 8.38. The van der Waals surface area contributed by atoms with E-state index in [0.29, 0.717) is 43.4 Å². The van der Waals surface area contributed by atoms with Gasteiger partial charge in [0, 0.05) is 51.8 Å². The first-order valence-electron chi connectivity index (χ1n) is 6.74. The summed E-state index contributed by atoms with van der Waals surface area (Å²) in [7, 11) is -0.379. The molecule has 1 heterocycles. The Morgan fingerprint density at radius 1 is 1.19 bits per heavy atom. The second-order valence-corrected chi connectivity index (χ2v) is 7.77. The van der Waals surface area contributed by atoms with E-state index in [1.54, 1.807) is 26.4 Å². The van der Waals surface area contributed by atoms with E-state index in [2.05, 4.69) is 0 Å². The first kappa shape index (κ1) is 18.5. The number of nitrogens with zero attached hydrogens (tertiary/aromatic N) is 1. The van der Waals surface area contributed by atoms with Crippen LogP contribution in [-0.4, -0.2) is 65.0 Å². The molecule has 0 aromatic carbocycles. The highest BCUT2D eigenvalue weighted by atomic mass is 32.2. The van der Waals surface area contributed by atoms with Gasteiger partial charge in [0.2, 0.25) is 0 Å². The van der Waals surface area contributed by atoms with Crippen molar-refractivity contribution in [1.82, 2.24) is 4.31 Å². The molecule has 122 valence electrons. The molecule has 0 radical (unpaired) electrons. The Labute approximate surface area is 130 Å². The standard InChI is InChI=1S/C13H23NO5S2/c1-18-10-3-7-14(8-11-19-2)21(16,17)13-5-4-12(20-13)6-9-15/h4-5,15H,3,6-11H2,1-2H3. The van der Waals surface area contributed by atoms with Crippen molar-refractivity contribution in [2.75, 3.05) is 47.1 Å². The van der Waals surface area contributed by atoms with E-state index in [0.717, 1.165) is 4.88 Å². The smallest absolute Gasteiger partial charge is 0.252 e. The average molecular weight is 337 g/mol. The molecular formula is C13H23NO5S2. The molecule has 0 bridgehead atoms. The van der Waals surface area contributed by atoms with Gasteiger partial charge in [0.1, 0.15) is 4.21 Å². The summed E-state index contributed by atoms with van der Waals surface area (Å²) in [5.74, 6) is 0. The van der Waals surface area contributed by atoms with Crippen LogP contribution >= 0.6 is 11.3 Å². The maximum atomic E-state index is 12.6. The molecule has 1 aromatic rings. The lowest BCUT2D eigenvalue weighted by Gasteiger charge is -2.20. The fourth-order valence-electron chi connectivity index (χ4n) is 1.80. The van der Waals surface area contributed by atoms with Crippen LogP contribution in [0.25, 0.3) is 0 Å². The van der Waals surface area contributed by atoms with Crippen molar-refractivity contribution in [3.63, 3.8) is 0 Å². The minimum atomic E-state index is -3.52. The van der Waals surface area contributed by atoms with Crippen LogP contribution in [0.2, 0.25) is 0 Å². The van der Waals surface area contributed by atoms with Crippen LogP contribution in [0.3, 0.4) is 0 Å². The number of sulfonamides is 1. The third kappa shape index (κ3) is 5.65. The number of hydrogen-bond acceptors (Lipinski definition) is 6. The second-order valence-electron chi connectivity index (χ2n) is 4.44. The average Bonchev–Trinajstić information content (AvgIpc) is 2.92. The fourth-order valence-corrected chi connectivity index (χ4v) is 4.76. The second kappa shape index (κ2) is 9.50. The molecule has 21 heavy (non-hydrogen) atoms. The van der Waals surface area contributed by atoms with Crippen molar-refractivity contribution < 1.29 is 23.0 Å². The van der Waals surface area contributed by atoms with Crippen LogP contribution in [0.15, 0.2) is 16.3 Å². The zero-order valence-corrected chi connectivity index (χ0v) is 14.1. The first-order chi connectivity index (χ1) is 10.1. The topological polar surface area (TPSA) is 76.1 Å². The molecule has 0 amide bonds. The highest BCUT2D eigenvalue weighted by Gasteiger charge is 2.25. The normalized spacial score (nSPS) is 12.2. The van der Waals surface area contributed by atoms with Gasteiger partial charge in [-0.15, -0.1) is 11.3 Å². The molecule has 0 spiro atoms. The van der Waals surface area contributed by atoms with Crippen molar-refractivity contribution in [1.29, 1.82) is 0 Å². The van der Waals surface area contributed by atoms with E-state index in [4.69, 9.17) is 14.6 Å². The third-order valence-electron chi connectivity index (χ3n) is 2.89. The van der Waals surface area contributed by atoms with Gasteiger partial charge < -0.3 is 14.6 Å². The quantitative estimate of drug-likeness (QED) is 0.609. The van der Waals surface area contributed by atoms with Gasteiger partial charge in [0.05, 0.1) is 6.61 Å². The molecule has 0 aliphatic rings. The Balaban J connectivity index is 2.84.